The van der Waals surface area contributed by atoms with Gasteiger partial charge in [-0.1, -0.05) is 13.3 Å². The smallest absolute Gasteiger partial charge is 0.239 e. The van der Waals surface area contributed by atoms with Crippen LogP contribution in [0.3, 0.4) is 0 Å². The summed E-state index contributed by atoms with van der Waals surface area (Å²) in [4.78, 5) is 14.1. The molecule has 1 aliphatic carbocycles. The minimum Gasteiger partial charge on any atom is -0.378 e. The topological polar surface area (TPSA) is 41.6 Å². The van der Waals surface area contributed by atoms with E-state index >= 15 is 0 Å². The molecule has 2 aliphatic rings. The van der Waals surface area contributed by atoms with Crippen molar-refractivity contribution in [3.8, 4) is 0 Å². The number of carbonyl (C=O) groups excluding carboxylic acids is 1. The molecule has 0 radical (unpaired) electrons. The van der Waals surface area contributed by atoms with Gasteiger partial charge in [-0.15, -0.1) is 0 Å². The molecule has 1 amide bonds. The summed E-state index contributed by atoms with van der Waals surface area (Å²) in [5, 5.41) is 3.41. The molecule has 18 heavy (non-hydrogen) atoms. The highest BCUT2D eigenvalue weighted by atomic mass is 16.5. The summed E-state index contributed by atoms with van der Waals surface area (Å²) in [6.07, 6.45) is 3.97. The highest BCUT2D eigenvalue weighted by Gasteiger charge is 2.25. The zero-order valence-corrected chi connectivity index (χ0v) is 11.7. The monoisotopic (exact) mass is 254 g/mol. The predicted molar refractivity (Wildman–Crippen MR) is 71.4 cm³/mol. The lowest BCUT2D eigenvalue weighted by Gasteiger charge is -2.30. The second kappa shape index (κ2) is 6.53. The van der Waals surface area contributed by atoms with Crippen LogP contribution in [0.2, 0.25) is 0 Å². The van der Waals surface area contributed by atoms with Gasteiger partial charge in [0, 0.05) is 13.1 Å². The standard InChI is InChI=1S/C14H26N2O2/c1-11-3-4-13(9-11)10-15-12(2)14(17)16-5-7-18-8-6-16/h11-13,15H,3-10H2,1-2H3. The molecular weight excluding hydrogens is 228 g/mol. The zero-order chi connectivity index (χ0) is 13.0. The number of rotatable bonds is 4. The second-order valence-electron chi connectivity index (χ2n) is 5.85. The first-order chi connectivity index (χ1) is 8.66. The predicted octanol–water partition coefficient (Wildman–Crippen LogP) is 1.26. The van der Waals surface area contributed by atoms with Crippen molar-refractivity contribution in [2.24, 2.45) is 11.8 Å². The molecule has 2 fully saturated rings. The Balaban J connectivity index is 1.70. The van der Waals surface area contributed by atoms with Crippen molar-refractivity contribution in [3.05, 3.63) is 0 Å². The van der Waals surface area contributed by atoms with Crippen LogP contribution in [0.4, 0.5) is 0 Å². The van der Waals surface area contributed by atoms with Gasteiger partial charge in [0.25, 0.3) is 0 Å². The highest BCUT2D eigenvalue weighted by molar-refractivity contribution is 5.81. The number of hydrogen-bond donors (Lipinski definition) is 1. The largest absolute Gasteiger partial charge is 0.378 e. The van der Waals surface area contributed by atoms with E-state index in [2.05, 4.69) is 12.2 Å². The first-order valence-corrected chi connectivity index (χ1v) is 7.26. The van der Waals surface area contributed by atoms with Crippen molar-refractivity contribution < 1.29 is 9.53 Å². The molecule has 0 aromatic heterocycles. The molecule has 0 aromatic carbocycles. The SMILES string of the molecule is CC1CCC(CNC(C)C(=O)N2CCOCC2)C1. The maximum atomic E-state index is 12.2. The van der Waals surface area contributed by atoms with Crippen molar-refractivity contribution >= 4 is 5.91 Å². The summed E-state index contributed by atoms with van der Waals surface area (Å²) < 4.78 is 5.27. The molecule has 2 rings (SSSR count). The van der Waals surface area contributed by atoms with E-state index in [1.807, 2.05) is 11.8 Å². The number of nitrogens with one attached hydrogen (secondary N) is 1. The minimum atomic E-state index is -0.0565. The number of amides is 1. The van der Waals surface area contributed by atoms with Gasteiger partial charge in [0.05, 0.1) is 19.3 Å². The molecule has 4 heteroatoms. The van der Waals surface area contributed by atoms with Crippen molar-refractivity contribution in [1.29, 1.82) is 0 Å². The Kier molecular flexibility index (Phi) is 5.01. The fourth-order valence-corrected chi connectivity index (χ4v) is 3.00. The molecule has 4 nitrogen and oxygen atoms in total. The fraction of sp³-hybridized carbons (Fsp3) is 0.929. The van der Waals surface area contributed by atoms with Gasteiger partial charge in [-0.25, -0.2) is 0 Å². The Hall–Kier alpha value is -0.610. The Morgan fingerprint density at radius 3 is 2.72 bits per heavy atom. The van der Waals surface area contributed by atoms with Gasteiger partial charge in [0.15, 0.2) is 0 Å². The Labute approximate surface area is 110 Å². The Morgan fingerprint density at radius 1 is 1.39 bits per heavy atom. The third-order valence-electron chi connectivity index (χ3n) is 4.21. The molecule has 104 valence electrons. The van der Waals surface area contributed by atoms with Crippen molar-refractivity contribution in [2.45, 2.75) is 39.2 Å². The summed E-state index contributed by atoms with van der Waals surface area (Å²) in [6.45, 7) is 8.13. The molecule has 1 saturated heterocycles. The molecule has 3 unspecified atom stereocenters. The van der Waals surface area contributed by atoms with E-state index < -0.39 is 0 Å². The first kappa shape index (κ1) is 13.8. The quantitative estimate of drug-likeness (QED) is 0.821. The molecule has 0 aromatic rings. The van der Waals surface area contributed by atoms with Gasteiger partial charge in [0.1, 0.15) is 0 Å². The Morgan fingerprint density at radius 2 is 2.11 bits per heavy atom. The van der Waals surface area contributed by atoms with E-state index in [1.165, 1.54) is 19.3 Å². The molecule has 0 spiro atoms. The van der Waals surface area contributed by atoms with Crippen LogP contribution in [-0.4, -0.2) is 49.7 Å². The highest BCUT2D eigenvalue weighted by Crippen LogP contribution is 2.29. The maximum Gasteiger partial charge on any atom is 0.239 e. The summed E-state index contributed by atoms with van der Waals surface area (Å²) in [6, 6.07) is -0.0565. The van der Waals surface area contributed by atoms with Crippen molar-refractivity contribution in [1.82, 2.24) is 10.2 Å². The van der Waals surface area contributed by atoms with Gasteiger partial charge in [-0.2, -0.15) is 0 Å². The third-order valence-corrected chi connectivity index (χ3v) is 4.21. The lowest BCUT2D eigenvalue weighted by molar-refractivity contribution is -0.137. The van der Waals surface area contributed by atoms with E-state index in [-0.39, 0.29) is 11.9 Å². The van der Waals surface area contributed by atoms with E-state index in [9.17, 15) is 4.79 Å². The molecule has 3 atom stereocenters. The second-order valence-corrected chi connectivity index (χ2v) is 5.85. The van der Waals surface area contributed by atoms with E-state index in [1.54, 1.807) is 0 Å². The van der Waals surface area contributed by atoms with Gasteiger partial charge in [0.2, 0.25) is 5.91 Å². The lowest BCUT2D eigenvalue weighted by atomic mass is 10.1. The van der Waals surface area contributed by atoms with Crippen LogP contribution in [0.15, 0.2) is 0 Å². The zero-order valence-electron chi connectivity index (χ0n) is 11.7. The lowest BCUT2D eigenvalue weighted by Crippen LogP contribution is -2.49. The summed E-state index contributed by atoms with van der Waals surface area (Å²) in [5.41, 5.74) is 0. The molecule has 1 N–H and O–H groups in total. The van der Waals surface area contributed by atoms with Gasteiger partial charge in [-0.3, -0.25) is 4.79 Å². The average Bonchev–Trinajstić information content (AvgIpc) is 2.82. The van der Waals surface area contributed by atoms with Crippen LogP contribution in [0.1, 0.15) is 33.1 Å². The number of morpholine rings is 1. The van der Waals surface area contributed by atoms with Gasteiger partial charge in [-0.05, 0) is 38.1 Å². The molecule has 1 saturated carbocycles. The minimum absolute atomic E-state index is 0.0565. The van der Waals surface area contributed by atoms with E-state index in [0.717, 1.165) is 31.5 Å². The molecule has 1 heterocycles. The van der Waals surface area contributed by atoms with Crippen LogP contribution in [0.25, 0.3) is 0 Å². The van der Waals surface area contributed by atoms with Crippen molar-refractivity contribution in [3.63, 3.8) is 0 Å². The van der Waals surface area contributed by atoms with E-state index in [0.29, 0.717) is 13.2 Å². The number of hydrogen-bond acceptors (Lipinski definition) is 3. The first-order valence-electron chi connectivity index (χ1n) is 7.26. The third kappa shape index (κ3) is 3.69. The molecule has 1 aliphatic heterocycles. The van der Waals surface area contributed by atoms with Crippen LogP contribution >= 0.6 is 0 Å². The number of nitrogens with zero attached hydrogens (tertiary/aromatic N) is 1. The Bertz CT molecular complexity index is 277. The summed E-state index contributed by atoms with van der Waals surface area (Å²) in [7, 11) is 0. The van der Waals surface area contributed by atoms with Crippen LogP contribution in [0, 0.1) is 11.8 Å². The van der Waals surface area contributed by atoms with E-state index in [4.69, 9.17) is 4.74 Å². The van der Waals surface area contributed by atoms with Crippen LogP contribution in [-0.2, 0) is 9.53 Å². The summed E-state index contributed by atoms with van der Waals surface area (Å²) >= 11 is 0. The average molecular weight is 254 g/mol. The molecule has 0 bridgehead atoms. The summed E-state index contributed by atoms with van der Waals surface area (Å²) in [5.74, 6) is 1.85. The molecular formula is C14H26N2O2. The number of ether oxygens (including phenoxy) is 1. The van der Waals surface area contributed by atoms with Crippen molar-refractivity contribution in [2.75, 3.05) is 32.8 Å². The normalized spacial score (nSPS) is 30.4. The van der Waals surface area contributed by atoms with Crippen LogP contribution < -0.4 is 5.32 Å². The fourth-order valence-electron chi connectivity index (χ4n) is 3.00. The van der Waals surface area contributed by atoms with Gasteiger partial charge < -0.3 is 15.0 Å². The van der Waals surface area contributed by atoms with Gasteiger partial charge >= 0.3 is 0 Å². The number of carbonyl (C=O) groups is 1. The maximum absolute atomic E-state index is 12.2. The van der Waals surface area contributed by atoms with Crippen LogP contribution in [0.5, 0.6) is 0 Å².